The second-order valence-electron chi connectivity index (χ2n) is 4.98. The Bertz CT molecular complexity index is 344. The van der Waals surface area contributed by atoms with Crippen molar-refractivity contribution in [3.05, 3.63) is 23.7 Å². The second kappa shape index (κ2) is 5.96. The maximum atomic E-state index is 6.26. The molecule has 0 bridgehead atoms. The van der Waals surface area contributed by atoms with Crippen LogP contribution in [-0.4, -0.2) is 11.3 Å². The lowest BCUT2D eigenvalue weighted by Crippen LogP contribution is -2.26. The Morgan fingerprint density at radius 2 is 2.12 bits per heavy atom. The van der Waals surface area contributed by atoms with Crippen LogP contribution in [-0.2, 0) is 0 Å². The van der Waals surface area contributed by atoms with Crippen molar-refractivity contribution in [3.63, 3.8) is 0 Å². The van der Waals surface area contributed by atoms with E-state index in [1.165, 1.54) is 25.7 Å². The number of rotatable bonds is 5. The third-order valence-electron chi connectivity index (χ3n) is 3.54. The van der Waals surface area contributed by atoms with Gasteiger partial charge in [-0.15, -0.1) is 11.8 Å². The molecule has 1 aliphatic carbocycles. The van der Waals surface area contributed by atoms with Crippen LogP contribution in [0.4, 0.5) is 0 Å². The van der Waals surface area contributed by atoms with Gasteiger partial charge in [0.05, 0.1) is 5.25 Å². The summed E-state index contributed by atoms with van der Waals surface area (Å²) in [5.41, 5.74) is 6.26. The monoisotopic (exact) mass is 253 g/mol. The molecule has 2 rings (SSSR count). The maximum Gasteiger partial charge on any atom is 0.118 e. The molecular formula is C14H23NOS. The zero-order valence-electron chi connectivity index (χ0n) is 10.8. The molecule has 1 aliphatic rings. The summed E-state index contributed by atoms with van der Waals surface area (Å²) < 4.78 is 5.78. The predicted molar refractivity (Wildman–Crippen MR) is 74.3 cm³/mol. The van der Waals surface area contributed by atoms with Crippen LogP contribution in [0.2, 0.25) is 0 Å². The average molecular weight is 253 g/mol. The highest BCUT2D eigenvalue weighted by molar-refractivity contribution is 8.00. The van der Waals surface area contributed by atoms with Crippen LogP contribution in [0.15, 0.2) is 16.5 Å². The largest absolute Gasteiger partial charge is 0.465 e. The van der Waals surface area contributed by atoms with E-state index in [0.29, 0.717) is 5.25 Å². The smallest absolute Gasteiger partial charge is 0.118 e. The summed E-state index contributed by atoms with van der Waals surface area (Å²) in [5.74, 6) is 2.05. The third-order valence-corrected chi connectivity index (χ3v) is 5.27. The summed E-state index contributed by atoms with van der Waals surface area (Å²) >= 11 is 2.03. The van der Waals surface area contributed by atoms with Crippen molar-refractivity contribution >= 4 is 11.8 Å². The first-order valence-corrected chi connectivity index (χ1v) is 7.62. The summed E-state index contributed by atoms with van der Waals surface area (Å²) in [6.45, 7) is 4.15. The molecule has 2 atom stereocenters. The number of hydrogen-bond donors (Lipinski definition) is 1. The molecular weight excluding hydrogens is 230 g/mol. The van der Waals surface area contributed by atoms with Crippen molar-refractivity contribution < 1.29 is 4.42 Å². The van der Waals surface area contributed by atoms with Crippen molar-refractivity contribution in [1.29, 1.82) is 0 Å². The number of furan rings is 1. The quantitative estimate of drug-likeness (QED) is 0.860. The number of thioether (sulfide) groups is 1. The number of nitrogens with two attached hydrogens (primary N) is 1. The third kappa shape index (κ3) is 3.29. The molecule has 0 aromatic carbocycles. The Morgan fingerprint density at radius 1 is 1.41 bits per heavy atom. The summed E-state index contributed by atoms with van der Waals surface area (Å²) in [4.78, 5) is 0. The summed E-state index contributed by atoms with van der Waals surface area (Å²) in [7, 11) is 0. The van der Waals surface area contributed by atoms with Crippen molar-refractivity contribution in [2.75, 3.05) is 0 Å². The lowest BCUT2D eigenvalue weighted by molar-refractivity contribution is 0.454. The van der Waals surface area contributed by atoms with Gasteiger partial charge in [-0.1, -0.05) is 19.8 Å². The first-order chi connectivity index (χ1) is 8.20. The van der Waals surface area contributed by atoms with Gasteiger partial charge in [-0.05, 0) is 38.3 Å². The molecule has 2 nitrogen and oxygen atoms in total. The fourth-order valence-corrected chi connectivity index (χ4v) is 4.11. The van der Waals surface area contributed by atoms with E-state index in [0.717, 1.165) is 23.2 Å². The Balaban J connectivity index is 2.07. The Hall–Kier alpha value is -0.410. The van der Waals surface area contributed by atoms with Crippen molar-refractivity contribution in [1.82, 2.24) is 0 Å². The van der Waals surface area contributed by atoms with Gasteiger partial charge in [0.1, 0.15) is 11.5 Å². The van der Waals surface area contributed by atoms with Crippen molar-refractivity contribution in [3.8, 4) is 0 Å². The van der Waals surface area contributed by atoms with Crippen LogP contribution in [0.3, 0.4) is 0 Å². The summed E-state index contributed by atoms with van der Waals surface area (Å²) in [6, 6.07) is 4.34. The van der Waals surface area contributed by atoms with Crippen molar-refractivity contribution in [2.24, 2.45) is 5.73 Å². The first kappa shape index (κ1) is 13.0. The molecule has 1 saturated carbocycles. The lowest BCUT2D eigenvalue weighted by Gasteiger charge is -2.23. The van der Waals surface area contributed by atoms with Crippen LogP contribution in [0.5, 0.6) is 0 Å². The molecule has 2 N–H and O–H groups in total. The lowest BCUT2D eigenvalue weighted by atomic mass is 10.1. The molecule has 17 heavy (non-hydrogen) atoms. The molecule has 1 fully saturated rings. The molecule has 96 valence electrons. The minimum Gasteiger partial charge on any atom is -0.465 e. The van der Waals surface area contributed by atoms with Gasteiger partial charge in [0, 0.05) is 11.3 Å². The first-order valence-electron chi connectivity index (χ1n) is 6.68. The molecule has 0 radical (unpaired) electrons. The average Bonchev–Trinajstić information content (AvgIpc) is 2.96. The van der Waals surface area contributed by atoms with Gasteiger partial charge in [-0.3, -0.25) is 0 Å². The normalized spacial score (nSPS) is 20.6. The SMILES string of the molecule is CCC(N)C(SC1CCCC1)c1ccc(C)o1. The fraction of sp³-hybridized carbons (Fsp3) is 0.714. The summed E-state index contributed by atoms with van der Waals surface area (Å²) in [5, 5.41) is 1.11. The minimum absolute atomic E-state index is 0.200. The molecule has 0 aliphatic heterocycles. The van der Waals surface area contributed by atoms with Gasteiger partial charge < -0.3 is 10.2 Å². The van der Waals surface area contributed by atoms with E-state index >= 15 is 0 Å². The van der Waals surface area contributed by atoms with Crippen LogP contribution < -0.4 is 5.73 Å². The van der Waals surface area contributed by atoms with E-state index in [4.69, 9.17) is 10.2 Å². The molecule has 3 heteroatoms. The Morgan fingerprint density at radius 3 is 2.65 bits per heavy atom. The summed E-state index contributed by atoms with van der Waals surface area (Å²) in [6.07, 6.45) is 6.45. The molecule has 1 aromatic rings. The minimum atomic E-state index is 0.200. The number of hydrogen-bond acceptors (Lipinski definition) is 3. The van der Waals surface area contributed by atoms with Gasteiger partial charge in [0.15, 0.2) is 0 Å². The molecule has 0 spiro atoms. The van der Waals surface area contributed by atoms with Gasteiger partial charge in [0.2, 0.25) is 0 Å². The molecule has 2 unspecified atom stereocenters. The molecule has 0 amide bonds. The van der Waals surface area contributed by atoms with Crippen molar-refractivity contribution in [2.45, 2.75) is 62.5 Å². The van der Waals surface area contributed by atoms with Crippen LogP contribution in [0, 0.1) is 6.92 Å². The van der Waals surface area contributed by atoms with Crippen LogP contribution >= 0.6 is 11.8 Å². The van der Waals surface area contributed by atoms with E-state index in [9.17, 15) is 0 Å². The van der Waals surface area contributed by atoms with E-state index in [-0.39, 0.29) is 6.04 Å². The van der Waals surface area contributed by atoms with Gasteiger partial charge in [0.25, 0.3) is 0 Å². The zero-order valence-corrected chi connectivity index (χ0v) is 11.6. The molecule has 1 heterocycles. The highest BCUT2D eigenvalue weighted by atomic mass is 32.2. The second-order valence-corrected chi connectivity index (χ2v) is 6.43. The molecule has 0 saturated heterocycles. The predicted octanol–water partition coefficient (Wildman–Crippen LogP) is 4.04. The zero-order chi connectivity index (χ0) is 12.3. The van der Waals surface area contributed by atoms with E-state index < -0.39 is 0 Å². The van der Waals surface area contributed by atoms with Gasteiger partial charge in [-0.25, -0.2) is 0 Å². The Labute approximate surface area is 108 Å². The van der Waals surface area contributed by atoms with E-state index in [2.05, 4.69) is 13.0 Å². The Kier molecular flexibility index (Phi) is 4.57. The maximum absolute atomic E-state index is 6.26. The standard InChI is InChI=1S/C14H23NOS/c1-3-12(15)14(13-9-8-10(2)16-13)17-11-6-4-5-7-11/h8-9,11-12,14H,3-7,15H2,1-2H3. The highest BCUT2D eigenvalue weighted by Gasteiger charge is 2.27. The topological polar surface area (TPSA) is 39.2 Å². The highest BCUT2D eigenvalue weighted by Crippen LogP contribution is 2.41. The van der Waals surface area contributed by atoms with Gasteiger partial charge in [-0.2, -0.15) is 0 Å². The van der Waals surface area contributed by atoms with E-state index in [1.54, 1.807) is 0 Å². The van der Waals surface area contributed by atoms with Gasteiger partial charge >= 0.3 is 0 Å². The fourth-order valence-electron chi connectivity index (χ4n) is 2.43. The number of aryl methyl sites for hydroxylation is 1. The van der Waals surface area contributed by atoms with E-state index in [1.807, 2.05) is 24.8 Å². The molecule has 1 aromatic heterocycles. The van der Waals surface area contributed by atoms with Crippen LogP contribution in [0.25, 0.3) is 0 Å². The van der Waals surface area contributed by atoms with Crippen LogP contribution in [0.1, 0.15) is 55.8 Å².